The highest BCUT2D eigenvalue weighted by Crippen LogP contribution is 2.03. The van der Waals surface area contributed by atoms with Gasteiger partial charge in [-0.05, 0) is 30.2 Å². The Balaban J connectivity index is 2.70. The molecule has 1 aromatic rings. The molecule has 1 N–H and O–H groups in total. The number of carbonyl (C=O) groups is 1. The molecule has 0 aliphatic rings. The average molecular weight is 189 g/mol. The van der Waals surface area contributed by atoms with Gasteiger partial charge in [0.05, 0.1) is 0 Å². The summed E-state index contributed by atoms with van der Waals surface area (Å²) in [6, 6.07) is 3.70. The lowest BCUT2D eigenvalue weighted by atomic mass is 10.2. The van der Waals surface area contributed by atoms with Crippen molar-refractivity contribution in [1.29, 1.82) is 0 Å². The molecule has 0 saturated carbocycles. The summed E-state index contributed by atoms with van der Waals surface area (Å²) in [5, 5.41) is 8.46. The van der Waals surface area contributed by atoms with Gasteiger partial charge in [-0.2, -0.15) is 0 Å². The molecule has 0 unspecified atom stereocenters. The predicted octanol–water partition coefficient (Wildman–Crippen LogP) is 2.13. The van der Waals surface area contributed by atoms with Crippen molar-refractivity contribution in [3.63, 3.8) is 0 Å². The fourth-order valence-electron chi connectivity index (χ4n) is 0.945. The van der Waals surface area contributed by atoms with Crippen LogP contribution in [0, 0.1) is 0 Å². The first kappa shape index (κ1) is 10.2. The summed E-state index contributed by atoms with van der Waals surface area (Å²) in [5.41, 5.74) is 1.70. The van der Waals surface area contributed by atoms with Crippen LogP contribution in [0.3, 0.4) is 0 Å². The van der Waals surface area contributed by atoms with Gasteiger partial charge in [-0.1, -0.05) is 12.2 Å². The largest absolute Gasteiger partial charge is 0.478 e. The maximum absolute atomic E-state index is 10.3. The molecule has 72 valence electrons. The van der Waals surface area contributed by atoms with E-state index in [-0.39, 0.29) is 0 Å². The van der Waals surface area contributed by atoms with E-state index >= 15 is 0 Å². The number of aliphatic carboxylic acids is 1. The SMILES string of the molecule is CC(/C=C/c1ccncc1)=C\C(=O)O. The molecule has 0 aliphatic carbocycles. The van der Waals surface area contributed by atoms with Crippen LogP contribution >= 0.6 is 0 Å². The fourth-order valence-corrected chi connectivity index (χ4v) is 0.945. The first-order valence-electron chi connectivity index (χ1n) is 4.18. The number of nitrogens with zero attached hydrogens (tertiary/aromatic N) is 1. The van der Waals surface area contributed by atoms with Crippen LogP contribution < -0.4 is 0 Å². The van der Waals surface area contributed by atoms with Gasteiger partial charge in [0.15, 0.2) is 0 Å². The number of rotatable bonds is 3. The molecule has 0 atom stereocenters. The second-order valence-corrected chi connectivity index (χ2v) is 2.84. The van der Waals surface area contributed by atoms with E-state index in [4.69, 9.17) is 5.11 Å². The zero-order valence-electron chi connectivity index (χ0n) is 7.84. The van der Waals surface area contributed by atoms with Gasteiger partial charge >= 0.3 is 5.97 Å². The van der Waals surface area contributed by atoms with E-state index in [0.29, 0.717) is 5.57 Å². The van der Waals surface area contributed by atoms with Gasteiger partial charge in [-0.25, -0.2) is 4.79 Å². The first-order valence-corrected chi connectivity index (χ1v) is 4.18. The lowest BCUT2D eigenvalue weighted by molar-refractivity contribution is -0.131. The predicted molar refractivity (Wildman–Crippen MR) is 54.7 cm³/mol. The quantitative estimate of drug-likeness (QED) is 0.585. The maximum atomic E-state index is 10.3. The van der Waals surface area contributed by atoms with Crippen molar-refractivity contribution < 1.29 is 9.90 Å². The smallest absolute Gasteiger partial charge is 0.328 e. The highest BCUT2D eigenvalue weighted by molar-refractivity contribution is 5.81. The third kappa shape index (κ3) is 3.67. The molecular weight excluding hydrogens is 178 g/mol. The zero-order valence-corrected chi connectivity index (χ0v) is 7.84. The van der Waals surface area contributed by atoms with Crippen molar-refractivity contribution in [3.05, 3.63) is 47.8 Å². The van der Waals surface area contributed by atoms with Gasteiger partial charge in [-0.3, -0.25) is 4.98 Å². The first-order chi connectivity index (χ1) is 6.68. The fraction of sp³-hybridized carbons (Fsp3) is 0.0909. The van der Waals surface area contributed by atoms with Crippen LogP contribution in [0.15, 0.2) is 42.3 Å². The third-order valence-electron chi connectivity index (χ3n) is 1.60. The third-order valence-corrected chi connectivity index (χ3v) is 1.60. The molecule has 0 saturated heterocycles. The van der Waals surface area contributed by atoms with Gasteiger partial charge in [0.2, 0.25) is 0 Å². The van der Waals surface area contributed by atoms with Crippen LogP contribution in [0.25, 0.3) is 6.08 Å². The summed E-state index contributed by atoms with van der Waals surface area (Å²) in [4.78, 5) is 14.2. The molecule has 0 amide bonds. The van der Waals surface area contributed by atoms with Crippen LogP contribution in [0.4, 0.5) is 0 Å². The molecule has 0 fully saturated rings. The molecular formula is C11H11NO2. The van der Waals surface area contributed by atoms with E-state index in [1.54, 1.807) is 25.4 Å². The van der Waals surface area contributed by atoms with E-state index in [1.165, 1.54) is 0 Å². The van der Waals surface area contributed by atoms with Crippen molar-refractivity contribution in [3.8, 4) is 0 Å². The van der Waals surface area contributed by atoms with Gasteiger partial charge < -0.3 is 5.11 Å². The van der Waals surface area contributed by atoms with Crippen molar-refractivity contribution >= 4 is 12.0 Å². The number of hydrogen-bond donors (Lipinski definition) is 1. The normalized spacial score (nSPS) is 11.9. The Morgan fingerprint density at radius 1 is 1.43 bits per heavy atom. The second kappa shape index (κ2) is 4.97. The molecule has 3 heteroatoms. The Morgan fingerprint density at radius 2 is 2.07 bits per heavy atom. The molecule has 0 aromatic carbocycles. The molecule has 1 aromatic heterocycles. The molecule has 0 spiro atoms. The van der Waals surface area contributed by atoms with Gasteiger partial charge in [-0.15, -0.1) is 0 Å². The molecule has 3 nitrogen and oxygen atoms in total. The molecule has 1 heterocycles. The summed E-state index contributed by atoms with van der Waals surface area (Å²) < 4.78 is 0. The number of pyridine rings is 1. The Morgan fingerprint density at radius 3 is 2.64 bits per heavy atom. The zero-order chi connectivity index (χ0) is 10.4. The van der Waals surface area contributed by atoms with E-state index in [1.807, 2.05) is 18.2 Å². The van der Waals surface area contributed by atoms with Gasteiger partial charge in [0.1, 0.15) is 0 Å². The van der Waals surface area contributed by atoms with Crippen LogP contribution in [0.5, 0.6) is 0 Å². The minimum absolute atomic E-state index is 0.703. The van der Waals surface area contributed by atoms with Crippen molar-refractivity contribution in [1.82, 2.24) is 4.98 Å². The van der Waals surface area contributed by atoms with Crippen LogP contribution in [0.2, 0.25) is 0 Å². The highest BCUT2D eigenvalue weighted by Gasteiger charge is 1.89. The second-order valence-electron chi connectivity index (χ2n) is 2.84. The van der Waals surface area contributed by atoms with Crippen molar-refractivity contribution in [2.75, 3.05) is 0 Å². The van der Waals surface area contributed by atoms with E-state index in [0.717, 1.165) is 11.6 Å². The number of aromatic nitrogens is 1. The number of allylic oxidation sites excluding steroid dienone is 2. The number of carboxylic acids is 1. The minimum Gasteiger partial charge on any atom is -0.478 e. The molecule has 0 radical (unpaired) electrons. The van der Waals surface area contributed by atoms with Crippen LogP contribution in [-0.2, 0) is 4.79 Å². The number of carboxylic acid groups (broad SMARTS) is 1. The van der Waals surface area contributed by atoms with Crippen molar-refractivity contribution in [2.45, 2.75) is 6.92 Å². The van der Waals surface area contributed by atoms with E-state index in [2.05, 4.69) is 4.98 Å². The van der Waals surface area contributed by atoms with Gasteiger partial charge in [0, 0.05) is 18.5 Å². The van der Waals surface area contributed by atoms with Crippen LogP contribution in [0.1, 0.15) is 12.5 Å². The summed E-state index contributed by atoms with van der Waals surface area (Å²) >= 11 is 0. The Hall–Kier alpha value is -1.90. The average Bonchev–Trinajstić information content (AvgIpc) is 2.15. The molecule has 1 rings (SSSR count). The monoisotopic (exact) mass is 189 g/mol. The molecule has 14 heavy (non-hydrogen) atoms. The Kier molecular flexibility index (Phi) is 3.61. The lowest BCUT2D eigenvalue weighted by Gasteiger charge is -1.91. The minimum atomic E-state index is -0.929. The van der Waals surface area contributed by atoms with Crippen LogP contribution in [-0.4, -0.2) is 16.1 Å². The summed E-state index contributed by atoms with van der Waals surface area (Å²) in [6.45, 7) is 1.74. The summed E-state index contributed by atoms with van der Waals surface area (Å²) in [7, 11) is 0. The molecule has 0 aliphatic heterocycles. The highest BCUT2D eigenvalue weighted by atomic mass is 16.4. The summed E-state index contributed by atoms with van der Waals surface area (Å²) in [6.07, 6.45) is 8.14. The maximum Gasteiger partial charge on any atom is 0.328 e. The Bertz CT molecular complexity index is 366. The number of hydrogen-bond acceptors (Lipinski definition) is 2. The summed E-state index contributed by atoms with van der Waals surface area (Å²) in [5.74, 6) is -0.929. The van der Waals surface area contributed by atoms with Crippen molar-refractivity contribution in [2.24, 2.45) is 0 Å². The Labute approximate surface area is 82.4 Å². The standard InChI is InChI=1S/C11H11NO2/c1-9(8-11(13)14)2-3-10-4-6-12-7-5-10/h2-8H,1H3,(H,13,14)/b3-2+,9-8+. The topological polar surface area (TPSA) is 50.2 Å². The lowest BCUT2D eigenvalue weighted by Crippen LogP contribution is -1.87. The van der Waals surface area contributed by atoms with Gasteiger partial charge in [0.25, 0.3) is 0 Å². The molecule has 0 bridgehead atoms. The van der Waals surface area contributed by atoms with E-state index in [9.17, 15) is 4.79 Å². The van der Waals surface area contributed by atoms with E-state index < -0.39 is 5.97 Å².